The van der Waals surface area contributed by atoms with Gasteiger partial charge in [-0.3, -0.25) is 0 Å². The number of halogens is 1. The molecule has 0 atom stereocenters. The van der Waals surface area contributed by atoms with Crippen molar-refractivity contribution in [1.82, 2.24) is 0 Å². The van der Waals surface area contributed by atoms with E-state index in [4.69, 9.17) is 26.2 Å². The van der Waals surface area contributed by atoms with Crippen LogP contribution in [0.3, 0.4) is 0 Å². The number of rotatable bonds is 5. The number of aliphatic hydroxyl groups excluding tert-OH is 1. The number of hydrogen-bond donors (Lipinski definition) is 1. The minimum atomic E-state index is -0.551. The summed E-state index contributed by atoms with van der Waals surface area (Å²) in [6.07, 6.45) is 0. The molecule has 5 nitrogen and oxygen atoms in total. The number of ether oxygens (including phenoxy) is 2. The van der Waals surface area contributed by atoms with Gasteiger partial charge in [0, 0.05) is 5.02 Å². The van der Waals surface area contributed by atoms with Crippen molar-refractivity contribution in [1.29, 1.82) is 0 Å². The lowest BCUT2D eigenvalue weighted by molar-refractivity contribution is 0.0433. The molecule has 0 aliphatic carbocycles. The topological polar surface area (TPSA) is 72.8 Å². The Morgan fingerprint density at radius 1 is 0.909 bits per heavy atom. The summed E-state index contributed by atoms with van der Waals surface area (Å²) >= 11 is 5.75. The zero-order valence-electron chi connectivity index (χ0n) is 11.5. The van der Waals surface area contributed by atoms with Crippen LogP contribution in [0.5, 0.6) is 5.75 Å². The van der Waals surface area contributed by atoms with Crippen molar-refractivity contribution in [3.05, 3.63) is 64.7 Å². The second kappa shape index (κ2) is 7.59. The highest BCUT2D eigenvalue weighted by molar-refractivity contribution is 6.30. The van der Waals surface area contributed by atoms with Gasteiger partial charge in [0.2, 0.25) is 0 Å². The largest absolute Gasteiger partial charge is 0.460 e. The maximum Gasteiger partial charge on any atom is 0.343 e. The summed E-state index contributed by atoms with van der Waals surface area (Å²) in [5.74, 6) is -0.768. The quantitative estimate of drug-likeness (QED) is 0.677. The van der Waals surface area contributed by atoms with Gasteiger partial charge >= 0.3 is 11.9 Å². The standard InChI is InChI=1S/C16H13ClO5/c17-13-5-1-12(2-6-13)16(20)22-14-7-3-11(4-8-14)15(19)21-10-9-18/h1-8,18H,9-10H2. The predicted molar refractivity (Wildman–Crippen MR) is 80.2 cm³/mol. The molecule has 0 aliphatic rings. The van der Waals surface area contributed by atoms with Crippen LogP contribution in [0.4, 0.5) is 0 Å². The molecule has 2 aromatic carbocycles. The first-order valence-corrected chi connectivity index (χ1v) is 6.84. The monoisotopic (exact) mass is 320 g/mol. The molecule has 114 valence electrons. The van der Waals surface area contributed by atoms with Crippen molar-refractivity contribution in [2.45, 2.75) is 0 Å². The van der Waals surface area contributed by atoms with E-state index in [0.717, 1.165) is 0 Å². The van der Waals surface area contributed by atoms with Crippen molar-refractivity contribution in [3.63, 3.8) is 0 Å². The van der Waals surface area contributed by atoms with Crippen molar-refractivity contribution in [2.75, 3.05) is 13.2 Å². The molecular weight excluding hydrogens is 308 g/mol. The van der Waals surface area contributed by atoms with Crippen LogP contribution in [-0.2, 0) is 4.74 Å². The van der Waals surface area contributed by atoms with Crippen molar-refractivity contribution in [2.24, 2.45) is 0 Å². The molecular formula is C16H13ClO5. The highest BCUT2D eigenvalue weighted by atomic mass is 35.5. The molecule has 0 fully saturated rings. The Bertz CT molecular complexity index is 649. The number of carbonyl (C=O) groups is 2. The molecule has 0 bridgehead atoms. The van der Waals surface area contributed by atoms with E-state index in [1.54, 1.807) is 24.3 Å². The van der Waals surface area contributed by atoms with Crippen LogP contribution in [0.15, 0.2) is 48.5 Å². The van der Waals surface area contributed by atoms with Crippen LogP contribution in [0, 0.1) is 0 Å². The summed E-state index contributed by atoms with van der Waals surface area (Å²) in [5.41, 5.74) is 0.676. The minimum absolute atomic E-state index is 0.0634. The van der Waals surface area contributed by atoms with E-state index in [2.05, 4.69) is 0 Å². The summed E-state index contributed by atoms with van der Waals surface area (Å²) < 4.78 is 9.95. The summed E-state index contributed by atoms with van der Waals surface area (Å²) in [4.78, 5) is 23.4. The number of benzene rings is 2. The van der Waals surface area contributed by atoms with Gasteiger partial charge in [0.05, 0.1) is 17.7 Å². The lowest BCUT2D eigenvalue weighted by atomic mass is 10.2. The van der Waals surface area contributed by atoms with E-state index in [9.17, 15) is 9.59 Å². The van der Waals surface area contributed by atoms with Crippen LogP contribution < -0.4 is 4.74 Å². The average Bonchev–Trinajstić information content (AvgIpc) is 2.54. The first kappa shape index (κ1) is 16.0. The number of esters is 2. The lowest BCUT2D eigenvalue weighted by Crippen LogP contribution is -2.10. The fraction of sp³-hybridized carbons (Fsp3) is 0.125. The molecule has 0 saturated heterocycles. The molecule has 0 radical (unpaired) electrons. The third kappa shape index (κ3) is 4.31. The molecule has 2 rings (SSSR count). The van der Waals surface area contributed by atoms with Gasteiger partial charge in [-0.05, 0) is 48.5 Å². The molecule has 22 heavy (non-hydrogen) atoms. The van der Waals surface area contributed by atoms with E-state index in [1.807, 2.05) is 0 Å². The maximum atomic E-state index is 11.9. The molecule has 0 aliphatic heterocycles. The van der Waals surface area contributed by atoms with E-state index in [0.29, 0.717) is 21.9 Å². The molecule has 0 heterocycles. The molecule has 0 spiro atoms. The zero-order chi connectivity index (χ0) is 15.9. The second-order valence-electron chi connectivity index (χ2n) is 4.28. The third-order valence-electron chi connectivity index (χ3n) is 2.70. The Hall–Kier alpha value is -2.37. The summed E-state index contributed by atoms with van der Waals surface area (Å²) in [5, 5.41) is 9.12. The van der Waals surface area contributed by atoms with Crippen molar-refractivity contribution < 1.29 is 24.2 Å². The maximum absolute atomic E-state index is 11.9. The fourth-order valence-electron chi connectivity index (χ4n) is 1.63. The Morgan fingerprint density at radius 2 is 1.45 bits per heavy atom. The zero-order valence-corrected chi connectivity index (χ0v) is 12.2. The molecule has 6 heteroatoms. The van der Waals surface area contributed by atoms with Gasteiger partial charge in [-0.15, -0.1) is 0 Å². The molecule has 0 saturated carbocycles. The molecule has 2 aromatic rings. The SMILES string of the molecule is O=C(OCCO)c1ccc(OC(=O)c2ccc(Cl)cc2)cc1. The highest BCUT2D eigenvalue weighted by Gasteiger charge is 2.10. The normalized spacial score (nSPS) is 10.1. The van der Waals surface area contributed by atoms with Gasteiger partial charge < -0.3 is 14.6 Å². The summed E-state index contributed by atoms with van der Waals surface area (Å²) in [6, 6.07) is 12.2. The predicted octanol–water partition coefficient (Wildman–Crippen LogP) is 2.71. The van der Waals surface area contributed by atoms with Gasteiger partial charge in [0.25, 0.3) is 0 Å². The van der Waals surface area contributed by atoms with Gasteiger partial charge in [-0.2, -0.15) is 0 Å². The fourth-order valence-corrected chi connectivity index (χ4v) is 1.76. The Labute approximate surface area is 132 Å². The summed E-state index contributed by atoms with van der Waals surface area (Å²) in [7, 11) is 0. The average molecular weight is 321 g/mol. The first-order valence-electron chi connectivity index (χ1n) is 6.46. The van der Waals surface area contributed by atoms with E-state index in [-0.39, 0.29) is 13.2 Å². The first-order chi connectivity index (χ1) is 10.6. The van der Waals surface area contributed by atoms with E-state index >= 15 is 0 Å². The van der Waals surface area contributed by atoms with Crippen LogP contribution >= 0.6 is 11.6 Å². The van der Waals surface area contributed by atoms with Gasteiger partial charge in [-0.25, -0.2) is 9.59 Å². The van der Waals surface area contributed by atoms with E-state index in [1.165, 1.54) is 24.3 Å². The van der Waals surface area contributed by atoms with Crippen molar-refractivity contribution >= 4 is 23.5 Å². The minimum Gasteiger partial charge on any atom is -0.460 e. The van der Waals surface area contributed by atoms with Gasteiger partial charge in [0.15, 0.2) is 0 Å². The number of carbonyl (C=O) groups excluding carboxylic acids is 2. The molecule has 0 amide bonds. The lowest BCUT2D eigenvalue weighted by Gasteiger charge is -2.06. The molecule has 0 aromatic heterocycles. The van der Waals surface area contributed by atoms with Crippen LogP contribution in [0.25, 0.3) is 0 Å². The molecule has 1 N–H and O–H groups in total. The van der Waals surface area contributed by atoms with Gasteiger partial charge in [-0.1, -0.05) is 11.6 Å². The summed E-state index contributed by atoms with van der Waals surface area (Å²) in [6.45, 7) is -0.297. The smallest absolute Gasteiger partial charge is 0.343 e. The Kier molecular flexibility index (Phi) is 5.52. The van der Waals surface area contributed by atoms with Crippen LogP contribution in [0.1, 0.15) is 20.7 Å². The van der Waals surface area contributed by atoms with Crippen LogP contribution in [-0.4, -0.2) is 30.3 Å². The Balaban J connectivity index is 2.00. The van der Waals surface area contributed by atoms with Gasteiger partial charge in [0.1, 0.15) is 12.4 Å². The molecule has 0 unspecified atom stereocenters. The Morgan fingerprint density at radius 3 is 2.05 bits per heavy atom. The third-order valence-corrected chi connectivity index (χ3v) is 2.96. The second-order valence-corrected chi connectivity index (χ2v) is 4.72. The number of hydrogen-bond acceptors (Lipinski definition) is 5. The van der Waals surface area contributed by atoms with Crippen LogP contribution in [0.2, 0.25) is 5.02 Å². The number of aliphatic hydroxyl groups is 1. The van der Waals surface area contributed by atoms with Crippen molar-refractivity contribution in [3.8, 4) is 5.75 Å². The highest BCUT2D eigenvalue weighted by Crippen LogP contribution is 2.16. The van der Waals surface area contributed by atoms with E-state index < -0.39 is 11.9 Å².